The zero-order valence-electron chi connectivity index (χ0n) is 17.9. The molecule has 7 nitrogen and oxygen atoms in total. The Balaban J connectivity index is 1.61. The maximum absolute atomic E-state index is 14.4. The van der Waals surface area contributed by atoms with Gasteiger partial charge >= 0.3 is 0 Å². The van der Waals surface area contributed by atoms with Crippen LogP contribution in [-0.4, -0.2) is 47.1 Å². The van der Waals surface area contributed by atoms with Crippen LogP contribution in [0.5, 0.6) is 11.5 Å². The van der Waals surface area contributed by atoms with Crippen molar-refractivity contribution < 1.29 is 18.7 Å². The Labute approximate surface area is 190 Å². The van der Waals surface area contributed by atoms with E-state index < -0.39 is 5.82 Å². The standard InChI is InChI=1S/C23H24ClFN4O3/c1-3-21(30)29-9-7-14(8-10-29)32-20-11-15-18(12-19(20)31-2)26-13-27-23(15)28-17-6-4-5-16(24)22(17)25/h4-6,11-14H,3,7-10H2,1-2H3,(H,26,27,28). The molecule has 2 heterocycles. The van der Waals surface area contributed by atoms with Gasteiger partial charge in [0.05, 0.1) is 23.3 Å². The van der Waals surface area contributed by atoms with Gasteiger partial charge < -0.3 is 19.7 Å². The molecule has 1 fully saturated rings. The van der Waals surface area contributed by atoms with Crippen molar-refractivity contribution in [1.29, 1.82) is 0 Å². The van der Waals surface area contributed by atoms with Crippen LogP contribution in [0.2, 0.25) is 5.02 Å². The zero-order chi connectivity index (χ0) is 22.7. The highest BCUT2D eigenvalue weighted by atomic mass is 35.5. The molecular formula is C23H24ClFN4O3. The van der Waals surface area contributed by atoms with Gasteiger partial charge in [0, 0.05) is 43.8 Å². The number of hydrogen-bond donors (Lipinski definition) is 1. The van der Waals surface area contributed by atoms with Crippen LogP contribution in [0.4, 0.5) is 15.9 Å². The highest BCUT2D eigenvalue weighted by Crippen LogP contribution is 2.36. The number of halogens is 2. The quantitative estimate of drug-likeness (QED) is 0.563. The second kappa shape index (κ2) is 9.56. The van der Waals surface area contributed by atoms with E-state index in [2.05, 4.69) is 15.3 Å². The number of benzene rings is 2. The van der Waals surface area contributed by atoms with Gasteiger partial charge in [0.1, 0.15) is 18.2 Å². The summed E-state index contributed by atoms with van der Waals surface area (Å²) >= 11 is 5.90. The smallest absolute Gasteiger partial charge is 0.222 e. The number of nitrogens with zero attached hydrogens (tertiary/aromatic N) is 3. The summed E-state index contributed by atoms with van der Waals surface area (Å²) in [6, 6.07) is 8.28. The number of methoxy groups -OCH3 is 1. The molecule has 0 bridgehead atoms. The molecule has 1 saturated heterocycles. The number of likely N-dealkylation sites (tertiary alicyclic amines) is 1. The molecule has 32 heavy (non-hydrogen) atoms. The van der Waals surface area contributed by atoms with Crippen molar-refractivity contribution in [1.82, 2.24) is 14.9 Å². The van der Waals surface area contributed by atoms with Gasteiger partial charge in [-0.05, 0) is 18.2 Å². The topological polar surface area (TPSA) is 76.6 Å². The lowest BCUT2D eigenvalue weighted by atomic mass is 10.1. The van der Waals surface area contributed by atoms with Crippen molar-refractivity contribution in [2.75, 3.05) is 25.5 Å². The molecule has 1 aromatic heterocycles. The van der Waals surface area contributed by atoms with E-state index in [9.17, 15) is 9.18 Å². The molecule has 0 unspecified atom stereocenters. The second-order valence-corrected chi connectivity index (χ2v) is 7.93. The number of ether oxygens (including phenoxy) is 2. The normalized spacial score (nSPS) is 14.4. The number of nitrogens with one attached hydrogen (secondary N) is 1. The minimum Gasteiger partial charge on any atom is -0.493 e. The second-order valence-electron chi connectivity index (χ2n) is 7.52. The predicted molar refractivity (Wildman–Crippen MR) is 121 cm³/mol. The van der Waals surface area contributed by atoms with E-state index >= 15 is 0 Å². The maximum atomic E-state index is 14.4. The first-order valence-electron chi connectivity index (χ1n) is 10.5. The van der Waals surface area contributed by atoms with Crippen molar-refractivity contribution >= 4 is 39.9 Å². The fourth-order valence-corrected chi connectivity index (χ4v) is 3.94. The van der Waals surface area contributed by atoms with Crippen LogP contribution in [0.3, 0.4) is 0 Å². The number of amides is 1. The van der Waals surface area contributed by atoms with Crippen LogP contribution < -0.4 is 14.8 Å². The van der Waals surface area contributed by atoms with Crippen molar-refractivity contribution in [3.63, 3.8) is 0 Å². The Kier molecular flexibility index (Phi) is 6.60. The fraction of sp³-hybridized carbons (Fsp3) is 0.348. The monoisotopic (exact) mass is 458 g/mol. The molecule has 3 aromatic rings. The van der Waals surface area contributed by atoms with Gasteiger partial charge in [-0.1, -0.05) is 24.6 Å². The summed E-state index contributed by atoms with van der Waals surface area (Å²) in [6.45, 7) is 3.20. The number of aromatic nitrogens is 2. The predicted octanol–water partition coefficient (Wildman–Crippen LogP) is 4.95. The summed E-state index contributed by atoms with van der Waals surface area (Å²) in [5.74, 6) is 1.12. The van der Waals surface area contributed by atoms with Gasteiger partial charge in [-0.15, -0.1) is 0 Å². The molecule has 9 heteroatoms. The van der Waals surface area contributed by atoms with Crippen molar-refractivity contribution in [2.24, 2.45) is 0 Å². The molecule has 1 amide bonds. The third kappa shape index (κ3) is 4.55. The molecule has 1 aliphatic rings. The number of carbonyl (C=O) groups is 1. The molecule has 1 N–H and O–H groups in total. The molecule has 0 saturated carbocycles. The summed E-state index contributed by atoms with van der Waals surface area (Å²) in [6.07, 6.45) is 3.32. The lowest BCUT2D eigenvalue weighted by molar-refractivity contribution is -0.132. The van der Waals surface area contributed by atoms with Gasteiger partial charge in [0.25, 0.3) is 0 Å². The largest absolute Gasteiger partial charge is 0.493 e. The minimum atomic E-state index is -0.556. The summed E-state index contributed by atoms with van der Waals surface area (Å²) in [4.78, 5) is 22.4. The van der Waals surface area contributed by atoms with Gasteiger partial charge in [-0.25, -0.2) is 14.4 Å². The molecule has 4 rings (SSSR count). The van der Waals surface area contributed by atoms with Crippen LogP contribution in [0.25, 0.3) is 10.9 Å². The summed E-state index contributed by atoms with van der Waals surface area (Å²) in [7, 11) is 1.57. The first-order chi connectivity index (χ1) is 15.5. The van der Waals surface area contributed by atoms with E-state index in [4.69, 9.17) is 21.1 Å². The molecule has 0 aliphatic carbocycles. The molecule has 2 aromatic carbocycles. The fourth-order valence-electron chi connectivity index (χ4n) is 3.77. The first kappa shape index (κ1) is 22.1. The van der Waals surface area contributed by atoms with E-state index in [0.29, 0.717) is 47.7 Å². The molecule has 168 valence electrons. The molecule has 1 aliphatic heterocycles. The van der Waals surface area contributed by atoms with Crippen LogP contribution >= 0.6 is 11.6 Å². The van der Waals surface area contributed by atoms with E-state index in [0.717, 1.165) is 12.8 Å². The highest BCUT2D eigenvalue weighted by molar-refractivity contribution is 6.31. The average molecular weight is 459 g/mol. The summed E-state index contributed by atoms with van der Waals surface area (Å²) < 4.78 is 26.2. The van der Waals surface area contributed by atoms with Crippen LogP contribution in [0.1, 0.15) is 26.2 Å². The number of hydrogen-bond acceptors (Lipinski definition) is 6. The Hall–Kier alpha value is -3.13. The third-order valence-electron chi connectivity index (χ3n) is 5.52. The van der Waals surface area contributed by atoms with Crippen LogP contribution in [0, 0.1) is 5.82 Å². The summed E-state index contributed by atoms with van der Waals surface area (Å²) in [5, 5.41) is 3.67. The van der Waals surface area contributed by atoms with Gasteiger partial charge in [0.2, 0.25) is 5.91 Å². The lowest BCUT2D eigenvalue weighted by Crippen LogP contribution is -2.41. The van der Waals surface area contributed by atoms with Crippen molar-refractivity contribution in [3.8, 4) is 11.5 Å². The number of anilines is 2. The molecule has 0 radical (unpaired) electrons. The van der Waals surface area contributed by atoms with E-state index in [1.807, 2.05) is 11.8 Å². The van der Waals surface area contributed by atoms with Gasteiger partial charge in [0.15, 0.2) is 17.3 Å². The molecular weight excluding hydrogens is 435 g/mol. The maximum Gasteiger partial charge on any atom is 0.222 e. The van der Waals surface area contributed by atoms with Crippen LogP contribution in [-0.2, 0) is 4.79 Å². The number of fused-ring (bicyclic) bond motifs is 1. The van der Waals surface area contributed by atoms with Gasteiger partial charge in [-0.2, -0.15) is 0 Å². The van der Waals surface area contributed by atoms with Crippen molar-refractivity contribution in [3.05, 3.63) is 47.5 Å². The van der Waals surface area contributed by atoms with Crippen LogP contribution in [0.15, 0.2) is 36.7 Å². The van der Waals surface area contributed by atoms with Crippen molar-refractivity contribution in [2.45, 2.75) is 32.3 Å². The molecule has 0 spiro atoms. The Morgan fingerprint density at radius 3 is 2.75 bits per heavy atom. The average Bonchev–Trinajstić information content (AvgIpc) is 2.82. The molecule has 0 atom stereocenters. The Morgan fingerprint density at radius 2 is 2.03 bits per heavy atom. The lowest BCUT2D eigenvalue weighted by Gasteiger charge is -2.32. The highest BCUT2D eigenvalue weighted by Gasteiger charge is 2.24. The number of rotatable bonds is 6. The Bertz CT molecular complexity index is 1140. The zero-order valence-corrected chi connectivity index (χ0v) is 18.7. The van der Waals surface area contributed by atoms with E-state index in [-0.39, 0.29) is 22.7 Å². The first-order valence-corrected chi connectivity index (χ1v) is 10.9. The van der Waals surface area contributed by atoms with Gasteiger partial charge in [-0.3, -0.25) is 4.79 Å². The third-order valence-corrected chi connectivity index (χ3v) is 5.81. The minimum absolute atomic E-state index is 0.0203. The summed E-state index contributed by atoms with van der Waals surface area (Å²) in [5.41, 5.74) is 0.834. The number of piperidine rings is 1. The van der Waals surface area contributed by atoms with E-state index in [1.54, 1.807) is 31.4 Å². The van der Waals surface area contributed by atoms with E-state index in [1.165, 1.54) is 12.4 Å². The number of carbonyl (C=O) groups excluding carboxylic acids is 1. The Morgan fingerprint density at radius 1 is 1.25 bits per heavy atom. The SMILES string of the molecule is CCC(=O)N1CCC(Oc2cc3c(Nc4cccc(Cl)c4F)ncnc3cc2OC)CC1.